The van der Waals surface area contributed by atoms with Crippen molar-refractivity contribution < 1.29 is 0 Å². The molecule has 1 unspecified atom stereocenters. The lowest BCUT2D eigenvalue weighted by atomic mass is 9.96. The minimum atomic E-state index is 0.708. The third-order valence-corrected chi connectivity index (χ3v) is 2.78. The molecule has 13 heavy (non-hydrogen) atoms. The van der Waals surface area contributed by atoms with Crippen molar-refractivity contribution in [1.82, 2.24) is 0 Å². The molecule has 0 spiro atoms. The number of rotatable bonds is 2. The van der Waals surface area contributed by atoms with E-state index >= 15 is 0 Å². The SMILES string of the molecule is CCCC1CCc2ccccc2N1. The summed E-state index contributed by atoms with van der Waals surface area (Å²) in [5.41, 5.74) is 2.84. The molecule has 70 valence electrons. The first kappa shape index (κ1) is 8.61. The van der Waals surface area contributed by atoms with Crippen LogP contribution in [0.15, 0.2) is 24.3 Å². The van der Waals surface area contributed by atoms with E-state index in [-0.39, 0.29) is 0 Å². The summed E-state index contributed by atoms with van der Waals surface area (Å²) < 4.78 is 0. The third-order valence-electron chi connectivity index (χ3n) is 2.78. The summed E-state index contributed by atoms with van der Waals surface area (Å²) in [5, 5.41) is 3.60. The second kappa shape index (κ2) is 3.82. The van der Waals surface area contributed by atoms with Gasteiger partial charge in [0.05, 0.1) is 0 Å². The van der Waals surface area contributed by atoms with Crippen LogP contribution in [-0.4, -0.2) is 6.04 Å². The van der Waals surface area contributed by atoms with Crippen LogP contribution in [0.5, 0.6) is 0 Å². The minimum absolute atomic E-state index is 0.708. The van der Waals surface area contributed by atoms with Crippen molar-refractivity contribution in [1.29, 1.82) is 0 Å². The first-order valence-electron chi connectivity index (χ1n) is 5.24. The smallest absolute Gasteiger partial charge is 0.0374 e. The summed E-state index contributed by atoms with van der Waals surface area (Å²) in [4.78, 5) is 0. The van der Waals surface area contributed by atoms with Crippen LogP contribution in [0.1, 0.15) is 31.7 Å². The van der Waals surface area contributed by atoms with E-state index in [0.717, 1.165) is 0 Å². The van der Waals surface area contributed by atoms with E-state index in [2.05, 4.69) is 36.5 Å². The predicted molar refractivity (Wildman–Crippen MR) is 57.1 cm³/mol. The zero-order valence-corrected chi connectivity index (χ0v) is 8.22. The van der Waals surface area contributed by atoms with Gasteiger partial charge in [0, 0.05) is 11.7 Å². The Balaban J connectivity index is 2.11. The molecule has 1 N–H and O–H groups in total. The zero-order chi connectivity index (χ0) is 9.10. The summed E-state index contributed by atoms with van der Waals surface area (Å²) >= 11 is 0. The second-order valence-corrected chi connectivity index (χ2v) is 3.83. The lowest BCUT2D eigenvalue weighted by Crippen LogP contribution is -2.24. The van der Waals surface area contributed by atoms with Gasteiger partial charge in [-0.05, 0) is 30.9 Å². The fraction of sp³-hybridized carbons (Fsp3) is 0.500. The Bertz CT molecular complexity index is 280. The summed E-state index contributed by atoms with van der Waals surface area (Å²) in [6, 6.07) is 9.36. The molecule has 0 aliphatic carbocycles. The van der Waals surface area contributed by atoms with Crippen LogP contribution >= 0.6 is 0 Å². The molecular formula is C12H17N. The lowest BCUT2D eigenvalue weighted by Gasteiger charge is -2.26. The Labute approximate surface area is 80.2 Å². The number of anilines is 1. The third kappa shape index (κ3) is 1.85. The van der Waals surface area contributed by atoms with Crippen molar-refractivity contribution in [3.63, 3.8) is 0 Å². The minimum Gasteiger partial charge on any atom is -0.382 e. The molecule has 1 aliphatic heterocycles. The molecule has 0 radical (unpaired) electrons. The van der Waals surface area contributed by atoms with Gasteiger partial charge in [0.2, 0.25) is 0 Å². The standard InChI is InChI=1S/C12H17N/c1-2-5-11-9-8-10-6-3-4-7-12(10)13-11/h3-4,6-7,11,13H,2,5,8-9H2,1H3. The van der Waals surface area contributed by atoms with E-state index in [1.807, 2.05) is 0 Å². The van der Waals surface area contributed by atoms with Crippen LogP contribution in [0, 0.1) is 0 Å². The van der Waals surface area contributed by atoms with Gasteiger partial charge in [0.1, 0.15) is 0 Å². The number of aryl methyl sites for hydroxylation is 1. The van der Waals surface area contributed by atoms with Gasteiger partial charge in [-0.25, -0.2) is 0 Å². The van der Waals surface area contributed by atoms with E-state index in [4.69, 9.17) is 0 Å². The molecule has 1 aromatic carbocycles. The average Bonchev–Trinajstić information content (AvgIpc) is 2.18. The molecule has 1 heteroatoms. The van der Waals surface area contributed by atoms with E-state index in [9.17, 15) is 0 Å². The maximum absolute atomic E-state index is 3.60. The fourth-order valence-corrected chi connectivity index (χ4v) is 2.07. The highest BCUT2D eigenvalue weighted by molar-refractivity contribution is 5.53. The molecule has 1 atom stereocenters. The van der Waals surface area contributed by atoms with E-state index < -0.39 is 0 Å². The average molecular weight is 175 g/mol. The van der Waals surface area contributed by atoms with Crippen molar-refractivity contribution in [3.05, 3.63) is 29.8 Å². The molecule has 0 saturated carbocycles. The van der Waals surface area contributed by atoms with Crippen LogP contribution in [0.2, 0.25) is 0 Å². The first-order valence-corrected chi connectivity index (χ1v) is 5.24. The van der Waals surface area contributed by atoms with E-state index in [0.29, 0.717) is 6.04 Å². The van der Waals surface area contributed by atoms with Crippen molar-refractivity contribution in [2.45, 2.75) is 38.6 Å². The summed E-state index contributed by atoms with van der Waals surface area (Å²) in [6.07, 6.45) is 5.12. The van der Waals surface area contributed by atoms with Crippen LogP contribution in [0.4, 0.5) is 5.69 Å². The molecular weight excluding hydrogens is 158 g/mol. The molecule has 0 fully saturated rings. The maximum Gasteiger partial charge on any atom is 0.0374 e. The Kier molecular flexibility index (Phi) is 2.53. The largest absolute Gasteiger partial charge is 0.382 e. The van der Waals surface area contributed by atoms with Gasteiger partial charge < -0.3 is 5.32 Å². The zero-order valence-electron chi connectivity index (χ0n) is 8.22. The quantitative estimate of drug-likeness (QED) is 0.727. The van der Waals surface area contributed by atoms with Gasteiger partial charge in [0.25, 0.3) is 0 Å². The van der Waals surface area contributed by atoms with Crippen molar-refractivity contribution in [2.24, 2.45) is 0 Å². The predicted octanol–water partition coefficient (Wildman–Crippen LogP) is 3.21. The van der Waals surface area contributed by atoms with Crippen molar-refractivity contribution >= 4 is 5.69 Å². The Morgan fingerprint density at radius 3 is 3.08 bits per heavy atom. The van der Waals surface area contributed by atoms with Gasteiger partial charge >= 0.3 is 0 Å². The first-order chi connectivity index (χ1) is 6.40. The van der Waals surface area contributed by atoms with Crippen LogP contribution in [0.25, 0.3) is 0 Å². The molecule has 1 aliphatic rings. The summed E-state index contributed by atoms with van der Waals surface area (Å²) in [7, 11) is 0. The molecule has 2 rings (SSSR count). The van der Waals surface area contributed by atoms with Crippen LogP contribution < -0.4 is 5.32 Å². The fourth-order valence-electron chi connectivity index (χ4n) is 2.07. The van der Waals surface area contributed by atoms with E-state index in [1.165, 1.54) is 36.9 Å². The molecule has 0 bridgehead atoms. The molecule has 0 aromatic heterocycles. The monoisotopic (exact) mass is 175 g/mol. The Hall–Kier alpha value is -0.980. The van der Waals surface area contributed by atoms with Gasteiger partial charge in [-0.2, -0.15) is 0 Å². The number of fused-ring (bicyclic) bond motifs is 1. The highest BCUT2D eigenvalue weighted by Gasteiger charge is 2.15. The Morgan fingerprint density at radius 2 is 2.23 bits per heavy atom. The number of hydrogen-bond acceptors (Lipinski definition) is 1. The van der Waals surface area contributed by atoms with Gasteiger partial charge in [-0.1, -0.05) is 31.5 Å². The van der Waals surface area contributed by atoms with Gasteiger partial charge in [0.15, 0.2) is 0 Å². The Morgan fingerprint density at radius 1 is 1.38 bits per heavy atom. The van der Waals surface area contributed by atoms with Crippen LogP contribution in [0.3, 0.4) is 0 Å². The van der Waals surface area contributed by atoms with E-state index in [1.54, 1.807) is 0 Å². The van der Waals surface area contributed by atoms with Crippen molar-refractivity contribution in [3.8, 4) is 0 Å². The number of nitrogens with one attached hydrogen (secondary N) is 1. The normalized spacial score (nSPS) is 20.5. The van der Waals surface area contributed by atoms with Crippen LogP contribution in [-0.2, 0) is 6.42 Å². The highest BCUT2D eigenvalue weighted by Crippen LogP contribution is 2.25. The molecule has 1 heterocycles. The maximum atomic E-state index is 3.60. The lowest BCUT2D eigenvalue weighted by molar-refractivity contribution is 0.579. The number of hydrogen-bond donors (Lipinski definition) is 1. The molecule has 1 aromatic rings. The van der Waals surface area contributed by atoms with Gasteiger partial charge in [-0.15, -0.1) is 0 Å². The topological polar surface area (TPSA) is 12.0 Å². The molecule has 0 amide bonds. The number of benzene rings is 1. The van der Waals surface area contributed by atoms with Gasteiger partial charge in [-0.3, -0.25) is 0 Å². The summed E-state index contributed by atoms with van der Waals surface area (Å²) in [6.45, 7) is 2.25. The van der Waals surface area contributed by atoms with Crippen molar-refractivity contribution in [2.75, 3.05) is 5.32 Å². The number of para-hydroxylation sites is 1. The summed E-state index contributed by atoms with van der Waals surface area (Å²) in [5.74, 6) is 0. The molecule has 1 nitrogen and oxygen atoms in total. The molecule has 0 saturated heterocycles. The second-order valence-electron chi connectivity index (χ2n) is 3.83. The highest BCUT2D eigenvalue weighted by atomic mass is 14.9.